The topological polar surface area (TPSA) is 78.3 Å². The van der Waals surface area contributed by atoms with Gasteiger partial charge in [0.25, 0.3) is 5.56 Å². The Balaban J connectivity index is 2.03. The van der Waals surface area contributed by atoms with E-state index in [-0.39, 0.29) is 16.3 Å². The molecule has 7 heteroatoms. The lowest BCUT2D eigenvalue weighted by molar-refractivity contribution is 0.299. The minimum Gasteiger partial charge on any atom is -0.491 e. The normalized spacial score (nSPS) is 14.3. The Kier molecular flexibility index (Phi) is 4.94. The van der Waals surface area contributed by atoms with Crippen LogP contribution in [0, 0.1) is 12.8 Å². The smallest absolute Gasteiger partial charge is 0.258 e. The summed E-state index contributed by atoms with van der Waals surface area (Å²) in [5.74, 6) is 1.06. The fourth-order valence-corrected chi connectivity index (χ4v) is 4.63. The van der Waals surface area contributed by atoms with E-state index in [0.29, 0.717) is 34.8 Å². The summed E-state index contributed by atoms with van der Waals surface area (Å²) in [6, 6.07) is 7.36. The highest BCUT2D eigenvalue weighted by molar-refractivity contribution is 7.91. The van der Waals surface area contributed by atoms with Crippen molar-refractivity contribution in [2.75, 3.05) is 12.4 Å². The highest BCUT2D eigenvalue weighted by Gasteiger charge is 2.26. The van der Waals surface area contributed by atoms with Crippen molar-refractivity contribution in [2.45, 2.75) is 31.7 Å². The zero-order valence-corrected chi connectivity index (χ0v) is 17.6. The van der Waals surface area contributed by atoms with Gasteiger partial charge in [0.2, 0.25) is 0 Å². The second kappa shape index (κ2) is 7.30. The van der Waals surface area contributed by atoms with E-state index in [2.05, 4.69) is 4.98 Å². The van der Waals surface area contributed by atoms with Crippen molar-refractivity contribution in [3.63, 3.8) is 0 Å². The molecular formula is C22H24N2O4S. The van der Waals surface area contributed by atoms with Crippen LogP contribution in [0.2, 0.25) is 0 Å². The average Bonchev–Trinajstić information content (AvgIpc) is 3.54. The van der Waals surface area contributed by atoms with E-state index in [9.17, 15) is 13.2 Å². The van der Waals surface area contributed by atoms with Crippen molar-refractivity contribution in [1.29, 1.82) is 0 Å². The number of sulfone groups is 1. The molecule has 0 saturated heterocycles. The molecule has 1 fully saturated rings. The molecule has 4 rings (SSSR count). The highest BCUT2D eigenvalue weighted by atomic mass is 32.2. The Morgan fingerprint density at radius 2 is 1.90 bits per heavy atom. The lowest BCUT2D eigenvalue weighted by atomic mass is 9.97. The molecule has 0 N–H and O–H groups in total. The van der Waals surface area contributed by atoms with Gasteiger partial charge in [-0.15, -0.1) is 0 Å². The van der Waals surface area contributed by atoms with E-state index in [1.807, 2.05) is 18.2 Å². The minimum atomic E-state index is -3.50. The first-order chi connectivity index (χ1) is 13.8. The van der Waals surface area contributed by atoms with Crippen molar-refractivity contribution in [2.24, 2.45) is 13.0 Å². The molecule has 0 amide bonds. The van der Waals surface area contributed by atoms with E-state index in [0.717, 1.165) is 23.8 Å². The number of aromatic nitrogens is 2. The Morgan fingerprint density at radius 1 is 1.21 bits per heavy atom. The molecule has 0 atom stereocenters. The number of fused-ring (bicyclic) bond motifs is 1. The number of nitrogens with zero attached hydrogens (tertiary/aromatic N) is 2. The van der Waals surface area contributed by atoms with E-state index in [1.54, 1.807) is 33.2 Å². The Morgan fingerprint density at radius 3 is 2.55 bits per heavy atom. The summed E-state index contributed by atoms with van der Waals surface area (Å²) in [6.45, 7) is 3.95. The van der Waals surface area contributed by atoms with Gasteiger partial charge < -0.3 is 9.30 Å². The molecule has 1 aliphatic carbocycles. The standard InChI is InChI=1S/C22H24N2O4S/c1-4-29(26,27)21-14(2)20(19(11-23-21)28-13-15-9-10-15)18-12-24(3)22(25)17-8-6-5-7-16(17)18/h5-8,11-12,15H,4,9-10,13H2,1-3H3. The van der Waals surface area contributed by atoms with E-state index < -0.39 is 9.84 Å². The SMILES string of the molecule is CCS(=O)(=O)c1ncc(OCC2CC2)c(-c2cn(C)c(=O)c3ccccc23)c1C. The van der Waals surface area contributed by atoms with Crippen LogP contribution in [0.4, 0.5) is 0 Å². The van der Waals surface area contributed by atoms with Crippen molar-refractivity contribution < 1.29 is 13.2 Å². The fraction of sp³-hybridized carbons (Fsp3) is 0.364. The van der Waals surface area contributed by atoms with Crippen LogP contribution < -0.4 is 10.3 Å². The van der Waals surface area contributed by atoms with Gasteiger partial charge in [-0.3, -0.25) is 4.79 Å². The molecule has 0 spiro atoms. The molecule has 1 aromatic carbocycles. The van der Waals surface area contributed by atoms with Crippen LogP contribution in [-0.4, -0.2) is 30.3 Å². The van der Waals surface area contributed by atoms with Gasteiger partial charge in [0, 0.05) is 29.8 Å². The molecule has 29 heavy (non-hydrogen) atoms. The quantitative estimate of drug-likeness (QED) is 0.619. The number of pyridine rings is 2. The van der Waals surface area contributed by atoms with Gasteiger partial charge in [0.05, 0.1) is 18.6 Å². The number of aryl methyl sites for hydroxylation is 1. The number of rotatable bonds is 6. The molecule has 2 heterocycles. The molecule has 6 nitrogen and oxygen atoms in total. The maximum Gasteiger partial charge on any atom is 0.258 e. The second-order valence-electron chi connectivity index (χ2n) is 7.59. The van der Waals surface area contributed by atoms with Crippen LogP contribution in [-0.2, 0) is 16.9 Å². The summed E-state index contributed by atoms with van der Waals surface area (Å²) in [7, 11) is -1.80. The van der Waals surface area contributed by atoms with Crippen molar-refractivity contribution in [3.05, 3.63) is 52.6 Å². The maximum absolute atomic E-state index is 12.6. The number of ether oxygens (including phenoxy) is 1. The van der Waals surface area contributed by atoms with Gasteiger partial charge in [0.15, 0.2) is 14.9 Å². The third-order valence-corrected chi connectivity index (χ3v) is 7.21. The number of hydrogen-bond donors (Lipinski definition) is 0. The predicted octanol–water partition coefficient (Wildman–Crippen LogP) is 3.49. The van der Waals surface area contributed by atoms with Crippen LogP contribution in [0.15, 0.2) is 46.5 Å². The summed E-state index contributed by atoms with van der Waals surface area (Å²) in [5.41, 5.74) is 1.89. The number of benzene rings is 1. The summed E-state index contributed by atoms with van der Waals surface area (Å²) in [6.07, 6.45) is 5.55. The molecule has 1 saturated carbocycles. The molecule has 0 bridgehead atoms. The lowest BCUT2D eigenvalue weighted by Crippen LogP contribution is -2.17. The fourth-order valence-electron chi connectivity index (χ4n) is 3.57. The van der Waals surface area contributed by atoms with Crippen LogP contribution in [0.25, 0.3) is 21.9 Å². The minimum absolute atomic E-state index is 0.0312. The lowest BCUT2D eigenvalue weighted by Gasteiger charge is -2.18. The van der Waals surface area contributed by atoms with Crippen LogP contribution in [0.3, 0.4) is 0 Å². The zero-order chi connectivity index (χ0) is 20.8. The molecule has 0 unspecified atom stereocenters. The average molecular weight is 413 g/mol. The van der Waals surface area contributed by atoms with Crippen LogP contribution >= 0.6 is 0 Å². The van der Waals surface area contributed by atoms with Gasteiger partial charge in [-0.1, -0.05) is 25.1 Å². The molecule has 152 valence electrons. The first-order valence-electron chi connectivity index (χ1n) is 9.77. The molecule has 0 radical (unpaired) electrons. The van der Waals surface area contributed by atoms with E-state index in [4.69, 9.17) is 4.74 Å². The molecule has 0 aliphatic heterocycles. The van der Waals surface area contributed by atoms with Crippen molar-refractivity contribution in [1.82, 2.24) is 9.55 Å². The summed E-state index contributed by atoms with van der Waals surface area (Å²) < 4.78 is 32.8. The van der Waals surface area contributed by atoms with Gasteiger partial charge in [0.1, 0.15) is 5.75 Å². The molecule has 1 aliphatic rings. The largest absolute Gasteiger partial charge is 0.491 e. The van der Waals surface area contributed by atoms with Crippen molar-refractivity contribution >= 4 is 20.6 Å². The van der Waals surface area contributed by atoms with Gasteiger partial charge >= 0.3 is 0 Å². The first kappa shape index (κ1) is 19.6. The zero-order valence-electron chi connectivity index (χ0n) is 16.8. The Bertz CT molecular complexity index is 1260. The van der Waals surface area contributed by atoms with E-state index >= 15 is 0 Å². The summed E-state index contributed by atoms with van der Waals surface area (Å²) >= 11 is 0. The van der Waals surface area contributed by atoms with Gasteiger partial charge in [-0.25, -0.2) is 13.4 Å². The molecule has 2 aromatic heterocycles. The third kappa shape index (κ3) is 3.55. The highest BCUT2D eigenvalue weighted by Crippen LogP contribution is 2.39. The maximum atomic E-state index is 12.6. The number of hydrogen-bond acceptors (Lipinski definition) is 5. The van der Waals surface area contributed by atoms with Crippen LogP contribution in [0.1, 0.15) is 25.3 Å². The Hall–Kier alpha value is -2.67. The van der Waals surface area contributed by atoms with Crippen molar-refractivity contribution in [3.8, 4) is 16.9 Å². The predicted molar refractivity (Wildman–Crippen MR) is 113 cm³/mol. The molecular weight excluding hydrogens is 388 g/mol. The summed E-state index contributed by atoms with van der Waals surface area (Å²) in [4.78, 5) is 16.8. The van der Waals surface area contributed by atoms with E-state index in [1.165, 1.54) is 10.8 Å². The second-order valence-corrected chi connectivity index (χ2v) is 9.78. The third-order valence-electron chi connectivity index (χ3n) is 5.45. The Labute approximate surface area is 170 Å². The first-order valence-corrected chi connectivity index (χ1v) is 11.4. The molecule has 3 aromatic rings. The van der Waals surface area contributed by atoms with Gasteiger partial charge in [-0.05, 0) is 42.7 Å². The van der Waals surface area contributed by atoms with Gasteiger partial charge in [-0.2, -0.15) is 0 Å². The van der Waals surface area contributed by atoms with Crippen LogP contribution in [0.5, 0.6) is 5.75 Å². The monoisotopic (exact) mass is 412 g/mol. The summed E-state index contributed by atoms with van der Waals surface area (Å²) in [5, 5.41) is 1.41.